The van der Waals surface area contributed by atoms with Crippen molar-refractivity contribution in [2.24, 2.45) is 0 Å². The van der Waals surface area contributed by atoms with E-state index in [1.807, 2.05) is 0 Å². The van der Waals surface area contributed by atoms with E-state index in [9.17, 15) is 0 Å². The molecular formula is C9H22O3Ti. The van der Waals surface area contributed by atoms with Crippen molar-refractivity contribution >= 4 is 0 Å². The van der Waals surface area contributed by atoms with E-state index in [1.54, 1.807) is 0 Å². The Morgan fingerprint density at radius 1 is 0.769 bits per heavy atom. The summed E-state index contributed by atoms with van der Waals surface area (Å²) in [6, 6.07) is 0. The number of rotatable bonds is 6. The Kier molecular flexibility index (Phi) is 65.9. The first kappa shape index (κ1) is 29.2. The zero-order valence-electron chi connectivity index (χ0n) is 8.50. The smallest absolute Gasteiger partial charge is 0.870 e. The predicted molar refractivity (Wildman–Crippen MR) is 49.2 cm³/mol. The standard InChI is InChI=1S/C9H19.3H2O.Ti/c1-3-5-7-9-8-6-4-2;;;;/h1,3-9H2,2H3;3*1H2;/q-1;;;;+4/p-3. The summed E-state index contributed by atoms with van der Waals surface area (Å²) in [7, 11) is 0. The number of hydrogen-bond donors (Lipinski definition) is 0. The molecule has 0 spiro atoms. The second kappa shape index (κ2) is 29.4. The van der Waals surface area contributed by atoms with E-state index in [0.717, 1.165) is 6.42 Å². The van der Waals surface area contributed by atoms with Crippen LogP contribution in [0.1, 0.15) is 51.9 Å². The molecule has 0 fully saturated rings. The van der Waals surface area contributed by atoms with Gasteiger partial charge in [0.2, 0.25) is 0 Å². The molecule has 80 valence electrons. The van der Waals surface area contributed by atoms with Crippen molar-refractivity contribution in [1.82, 2.24) is 0 Å². The molecule has 0 radical (unpaired) electrons. The summed E-state index contributed by atoms with van der Waals surface area (Å²) in [5.74, 6) is 0. The maximum Gasteiger partial charge on any atom is 4.00 e. The molecule has 0 saturated heterocycles. The van der Waals surface area contributed by atoms with E-state index >= 15 is 0 Å². The first-order valence-corrected chi connectivity index (χ1v) is 4.21. The fourth-order valence-corrected chi connectivity index (χ4v) is 0.957. The van der Waals surface area contributed by atoms with Crippen molar-refractivity contribution in [1.29, 1.82) is 0 Å². The molecule has 0 heterocycles. The first-order chi connectivity index (χ1) is 4.41. The van der Waals surface area contributed by atoms with Gasteiger partial charge in [0.05, 0.1) is 0 Å². The van der Waals surface area contributed by atoms with Gasteiger partial charge >= 0.3 is 21.7 Å². The molecule has 0 amide bonds. The van der Waals surface area contributed by atoms with Crippen LogP contribution >= 0.6 is 0 Å². The molecule has 0 aliphatic heterocycles. The third kappa shape index (κ3) is 32.5. The van der Waals surface area contributed by atoms with E-state index < -0.39 is 0 Å². The second-order valence-electron chi connectivity index (χ2n) is 2.62. The Hall–Kier alpha value is 0.594. The summed E-state index contributed by atoms with van der Waals surface area (Å²) >= 11 is 0. The molecule has 0 rings (SSSR count). The van der Waals surface area contributed by atoms with Crippen LogP contribution in [0.25, 0.3) is 0 Å². The molecule has 0 bridgehead atoms. The summed E-state index contributed by atoms with van der Waals surface area (Å²) in [4.78, 5) is 0. The summed E-state index contributed by atoms with van der Waals surface area (Å²) in [5, 5.41) is 0. The third-order valence-corrected chi connectivity index (χ3v) is 1.60. The Morgan fingerprint density at radius 2 is 1.15 bits per heavy atom. The molecule has 0 saturated carbocycles. The molecular weight excluding hydrogens is 204 g/mol. The maximum absolute atomic E-state index is 3.80. The van der Waals surface area contributed by atoms with Crippen LogP contribution in [0, 0.1) is 6.92 Å². The Bertz CT molecular complexity index is 48.1. The third-order valence-electron chi connectivity index (χ3n) is 1.60. The molecule has 3 N–H and O–H groups in total. The van der Waals surface area contributed by atoms with Crippen molar-refractivity contribution in [3.8, 4) is 0 Å². The van der Waals surface area contributed by atoms with Crippen LogP contribution in [0.3, 0.4) is 0 Å². The summed E-state index contributed by atoms with van der Waals surface area (Å²) in [5.41, 5.74) is 0. The van der Waals surface area contributed by atoms with Crippen molar-refractivity contribution in [2.75, 3.05) is 0 Å². The molecule has 0 aromatic carbocycles. The minimum atomic E-state index is 0. The summed E-state index contributed by atoms with van der Waals surface area (Å²) < 4.78 is 0. The zero-order chi connectivity index (χ0) is 6.95. The average Bonchev–Trinajstić information content (AvgIpc) is 1.89. The molecule has 0 unspecified atom stereocenters. The first-order valence-electron chi connectivity index (χ1n) is 4.21. The van der Waals surface area contributed by atoms with Gasteiger partial charge in [-0.2, -0.15) is 6.42 Å². The van der Waals surface area contributed by atoms with Gasteiger partial charge in [0.25, 0.3) is 0 Å². The molecule has 0 aromatic rings. The second-order valence-corrected chi connectivity index (χ2v) is 2.62. The van der Waals surface area contributed by atoms with Crippen LogP contribution in [0.4, 0.5) is 0 Å². The van der Waals surface area contributed by atoms with Gasteiger partial charge in [0.1, 0.15) is 0 Å². The van der Waals surface area contributed by atoms with E-state index in [1.165, 1.54) is 38.5 Å². The van der Waals surface area contributed by atoms with E-state index in [2.05, 4.69) is 13.8 Å². The van der Waals surface area contributed by atoms with E-state index in [4.69, 9.17) is 0 Å². The number of hydrogen-bond acceptors (Lipinski definition) is 3. The Labute approximate surface area is 97.1 Å². The Balaban J connectivity index is -0.0000000533. The van der Waals surface area contributed by atoms with Crippen LogP contribution < -0.4 is 0 Å². The van der Waals surface area contributed by atoms with Crippen LogP contribution in [0.2, 0.25) is 0 Å². The number of unbranched alkanes of at least 4 members (excludes halogenated alkanes) is 6. The molecule has 0 aliphatic rings. The maximum atomic E-state index is 3.80. The Morgan fingerprint density at radius 3 is 1.54 bits per heavy atom. The zero-order valence-corrected chi connectivity index (χ0v) is 10.1. The predicted octanol–water partition coefficient (Wildman–Crippen LogP) is 3.04. The van der Waals surface area contributed by atoms with E-state index in [-0.39, 0.29) is 38.1 Å². The van der Waals surface area contributed by atoms with Gasteiger partial charge in [0, 0.05) is 0 Å². The topological polar surface area (TPSA) is 90.0 Å². The van der Waals surface area contributed by atoms with Gasteiger partial charge < -0.3 is 23.4 Å². The van der Waals surface area contributed by atoms with Crippen molar-refractivity contribution in [3.63, 3.8) is 0 Å². The minimum Gasteiger partial charge on any atom is -0.870 e. The van der Waals surface area contributed by atoms with Crippen LogP contribution in [-0.4, -0.2) is 16.4 Å². The van der Waals surface area contributed by atoms with Gasteiger partial charge in [-0.1, -0.05) is 45.4 Å². The molecule has 0 aliphatic carbocycles. The summed E-state index contributed by atoms with van der Waals surface area (Å²) in [6.45, 7) is 6.05. The van der Waals surface area contributed by atoms with Crippen LogP contribution in [0.5, 0.6) is 0 Å². The normalized spacial score (nSPS) is 6.92. The van der Waals surface area contributed by atoms with Crippen LogP contribution in [0.15, 0.2) is 0 Å². The van der Waals surface area contributed by atoms with Gasteiger partial charge in [0.15, 0.2) is 0 Å². The SMILES string of the molecule is [CH2-]CCCCCCCC.[OH-].[OH-].[OH-].[Ti+4]. The van der Waals surface area contributed by atoms with Crippen molar-refractivity contribution < 1.29 is 38.1 Å². The quantitative estimate of drug-likeness (QED) is 0.396. The fraction of sp³-hybridized carbons (Fsp3) is 0.889. The minimum absolute atomic E-state index is 0. The van der Waals surface area contributed by atoms with Crippen molar-refractivity contribution in [2.45, 2.75) is 51.9 Å². The van der Waals surface area contributed by atoms with Crippen molar-refractivity contribution in [3.05, 3.63) is 6.92 Å². The van der Waals surface area contributed by atoms with Gasteiger partial charge in [-0.3, -0.25) is 0 Å². The van der Waals surface area contributed by atoms with Gasteiger partial charge in [-0.05, 0) is 0 Å². The van der Waals surface area contributed by atoms with Gasteiger partial charge in [-0.15, -0.1) is 0 Å². The fourth-order valence-electron chi connectivity index (χ4n) is 0.957. The summed E-state index contributed by atoms with van der Waals surface area (Å²) in [6.07, 6.45) is 9.45. The molecule has 13 heavy (non-hydrogen) atoms. The molecule has 0 aromatic heterocycles. The average molecular weight is 226 g/mol. The van der Waals surface area contributed by atoms with Crippen LogP contribution in [-0.2, 0) is 21.7 Å². The van der Waals surface area contributed by atoms with E-state index in [0.29, 0.717) is 0 Å². The molecule has 4 heteroatoms. The monoisotopic (exact) mass is 226 g/mol. The molecule has 0 atom stereocenters. The largest absolute Gasteiger partial charge is 4.00 e. The van der Waals surface area contributed by atoms with Gasteiger partial charge in [-0.25, -0.2) is 0 Å². The molecule has 3 nitrogen and oxygen atoms in total.